The van der Waals surface area contributed by atoms with Crippen molar-refractivity contribution in [3.05, 3.63) is 94.7 Å². The van der Waals surface area contributed by atoms with Crippen molar-refractivity contribution in [1.29, 1.82) is 0 Å². The van der Waals surface area contributed by atoms with Crippen LogP contribution in [-0.4, -0.2) is 15.9 Å². The van der Waals surface area contributed by atoms with Gasteiger partial charge >= 0.3 is 6.18 Å². The van der Waals surface area contributed by atoms with E-state index < -0.39 is 28.9 Å². The molecule has 0 aliphatic carbocycles. The highest BCUT2D eigenvalue weighted by Gasteiger charge is 2.33. The van der Waals surface area contributed by atoms with Crippen LogP contribution in [0.25, 0.3) is 21.9 Å². The van der Waals surface area contributed by atoms with Gasteiger partial charge in [0.2, 0.25) is 0 Å². The number of anilines is 1. The van der Waals surface area contributed by atoms with Crippen LogP contribution >= 0.6 is 0 Å². The minimum atomic E-state index is -4.65. The Hall–Kier alpha value is -3.94. The van der Waals surface area contributed by atoms with Crippen LogP contribution in [-0.2, 0) is 6.18 Å². The first-order valence-corrected chi connectivity index (χ1v) is 8.88. The topological polar surface area (TPSA) is 74.8 Å². The van der Waals surface area contributed by atoms with Crippen molar-refractivity contribution in [3.63, 3.8) is 0 Å². The number of benzene rings is 2. The third-order valence-corrected chi connectivity index (χ3v) is 4.61. The fourth-order valence-corrected chi connectivity index (χ4v) is 3.18. The minimum absolute atomic E-state index is 0.308. The molecule has 0 bridgehead atoms. The fourth-order valence-electron chi connectivity index (χ4n) is 3.18. The zero-order valence-corrected chi connectivity index (χ0v) is 15.3. The molecule has 4 aromatic rings. The van der Waals surface area contributed by atoms with Gasteiger partial charge in [-0.3, -0.25) is 14.6 Å². The van der Waals surface area contributed by atoms with Crippen LogP contribution in [0.4, 0.5) is 18.9 Å². The molecule has 8 heteroatoms. The first-order valence-electron chi connectivity index (χ1n) is 8.88. The van der Waals surface area contributed by atoms with E-state index in [1.54, 1.807) is 12.4 Å². The molecular formula is C22H14F3N3O2. The number of aromatic amines is 1. The van der Waals surface area contributed by atoms with Crippen molar-refractivity contribution < 1.29 is 18.0 Å². The number of alkyl halides is 3. The van der Waals surface area contributed by atoms with Crippen molar-refractivity contribution in [1.82, 2.24) is 9.97 Å². The number of amides is 1. The molecule has 0 radical (unpaired) electrons. The van der Waals surface area contributed by atoms with E-state index in [0.29, 0.717) is 11.1 Å². The van der Waals surface area contributed by atoms with Gasteiger partial charge < -0.3 is 10.3 Å². The van der Waals surface area contributed by atoms with E-state index in [2.05, 4.69) is 15.3 Å². The Morgan fingerprint density at radius 3 is 2.53 bits per heavy atom. The van der Waals surface area contributed by atoms with Crippen LogP contribution in [0.2, 0.25) is 0 Å². The monoisotopic (exact) mass is 409 g/mol. The molecule has 0 saturated carbocycles. The summed E-state index contributed by atoms with van der Waals surface area (Å²) in [6.45, 7) is 0. The molecule has 2 aromatic carbocycles. The third kappa shape index (κ3) is 3.67. The molecule has 0 aliphatic heterocycles. The highest BCUT2D eigenvalue weighted by atomic mass is 19.4. The molecule has 0 aliphatic rings. The lowest BCUT2D eigenvalue weighted by molar-refractivity contribution is -0.136. The number of H-pyrrole nitrogens is 1. The van der Waals surface area contributed by atoms with E-state index in [1.807, 2.05) is 24.3 Å². The lowest BCUT2D eigenvalue weighted by Crippen LogP contribution is -2.24. The van der Waals surface area contributed by atoms with E-state index in [9.17, 15) is 22.8 Å². The Morgan fingerprint density at radius 2 is 1.73 bits per heavy atom. The van der Waals surface area contributed by atoms with Crippen molar-refractivity contribution >= 4 is 22.4 Å². The first-order chi connectivity index (χ1) is 14.3. The molecule has 0 spiro atoms. The van der Waals surface area contributed by atoms with Crippen LogP contribution in [0.3, 0.4) is 0 Å². The van der Waals surface area contributed by atoms with Crippen LogP contribution < -0.4 is 10.9 Å². The van der Waals surface area contributed by atoms with Gasteiger partial charge in [0.1, 0.15) is 5.56 Å². The van der Waals surface area contributed by atoms with Gasteiger partial charge in [-0.05, 0) is 23.6 Å². The maximum atomic E-state index is 13.2. The second-order valence-corrected chi connectivity index (χ2v) is 6.54. The molecule has 0 saturated heterocycles. The molecule has 30 heavy (non-hydrogen) atoms. The van der Waals surface area contributed by atoms with E-state index in [0.717, 1.165) is 22.9 Å². The molecule has 2 heterocycles. The highest BCUT2D eigenvalue weighted by Crippen LogP contribution is 2.34. The summed E-state index contributed by atoms with van der Waals surface area (Å²) in [7, 11) is 0. The number of carbonyl (C=O) groups excluding carboxylic acids is 1. The molecule has 0 atom stereocenters. The molecule has 4 rings (SSSR count). The predicted molar refractivity (Wildman–Crippen MR) is 107 cm³/mol. The minimum Gasteiger partial charge on any atom is -0.328 e. The summed E-state index contributed by atoms with van der Waals surface area (Å²) in [4.78, 5) is 31.5. The number of aromatic nitrogens is 2. The number of para-hydroxylation sites is 1. The molecule has 1 amide bonds. The first kappa shape index (κ1) is 19.4. The van der Waals surface area contributed by atoms with Gasteiger partial charge in [0.15, 0.2) is 0 Å². The van der Waals surface area contributed by atoms with Crippen LogP contribution in [0.15, 0.2) is 78.0 Å². The molecule has 2 N–H and O–H groups in total. The Kier molecular flexibility index (Phi) is 4.83. The van der Waals surface area contributed by atoms with Crippen molar-refractivity contribution in [3.8, 4) is 11.1 Å². The number of hydrogen-bond donors (Lipinski definition) is 2. The SMILES string of the molecule is O=C(Nc1ccccc1C(F)(F)F)c1cc(-c2cncc3ccccc23)c[nH]c1=O. The second-order valence-electron chi connectivity index (χ2n) is 6.54. The van der Waals surface area contributed by atoms with E-state index >= 15 is 0 Å². The fraction of sp³-hybridized carbons (Fsp3) is 0.0455. The number of rotatable bonds is 3. The molecular weight excluding hydrogens is 395 g/mol. The van der Waals surface area contributed by atoms with E-state index in [-0.39, 0.29) is 5.56 Å². The van der Waals surface area contributed by atoms with E-state index in [4.69, 9.17) is 0 Å². The molecule has 5 nitrogen and oxygen atoms in total. The molecule has 0 unspecified atom stereocenters. The zero-order chi connectivity index (χ0) is 21.3. The predicted octanol–water partition coefficient (Wildman–Crippen LogP) is 4.86. The maximum absolute atomic E-state index is 13.2. The van der Waals surface area contributed by atoms with Crippen LogP contribution in [0.5, 0.6) is 0 Å². The van der Waals surface area contributed by atoms with Gasteiger partial charge in [0, 0.05) is 35.1 Å². The number of pyridine rings is 2. The summed E-state index contributed by atoms with van der Waals surface area (Å²) in [6.07, 6.45) is 0.0712. The summed E-state index contributed by atoms with van der Waals surface area (Å²) >= 11 is 0. The smallest absolute Gasteiger partial charge is 0.328 e. The zero-order valence-electron chi connectivity index (χ0n) is 15.3. The van der Waals surface area contributed by atoms with Crippen LogP contribution in [0.1, 0.15) is 15.9 Å². The average Bonchev–Trinajstić information content (AvgIpc) is 2.73. The maximum Gasteiger partial charge on any atom is 0.418 e. The van der Waals surface area contributed by atoms with Crippen molar-refractivity contribution in [2.75, 3.05) is 5.32 Å². The highest BCUT2D eigenvalue weighted by molar-refractivity contribution is 6.05. The summed E-state index contributed by atoms with van der Waals surface area (Å²) in [5, 5.41) is 3.92. The summed E-state index contributed by atoms with van der Waals surface area (Å²) < 4.78 is 39.6. The lowest BCUT2D eigenvalue weighted by Gasteiger charge is -2.13. The van der Waals surface area contributed by atoms with E-state index in [1.165, 1.54) is 24.4 Å². The van der Waals surface area contributed by atoms with Gasteiger partial charge in [0.25, 0.3) is 11.5 Å². The number of hydrogen-bond acceptors (Lipinski definition) is 3. The number of halogens is 3. The van der Waals surface area contributed by atoms with Crippen LogP contribution in [0, 0.1) is 0 Å². The number of nitrogens with zero attached hydrogens (tertiary/aromatic N) is 1. The Morgan fingerprint density at radius 1 is 1.00 bits per heavy atom. The normalized spacial score (nSPS) is 11.4. The average molecular weight is 409 g/mol. The van der Waals surface area contributed by atoms with Crippen molar-refractivity contribution in [2.24, 2.45) is 0 Å². The molecule has 2 aromatic heterocycles. The Bertz CT molecular complexity index is 1310. The standard InChI is InChI=1S/C22H14F3N3O2/c23-22(24,25)18-7-3-4-8-19(18)28-21(30)16-9-14(11-27-20(16)29)17-12-26-10-13-5-1-2-6-15(13)17/h1-12H,(H,27,29)(H,28,30). The largest absolute Gasteiger partial charge is 0.418 e. The summed E-state index contributed by atoms with van der Waals surface area (Å²) in [5.74, 6) is -0.942. The number of carbonyl (C=O) groups is 1. The lowest BCUT2D eigenvalue weighted by atomic mass is 10.0. The van der Waals surface area contributed by atoms with Crippen molar-refractivity contribution in [2.45, 2.75) is 6.18 Å². The van der Waals surface area contributed by atoms with Gasteiger partial charge in [-0.25, -0.2) is 0 Å². The Labute approximate surface area is 168 Å². The van der Waals surface area contributed by atoms with Gasteiger partial charge in [0.05, 0.1) is 11.3 Å². The van der Waals surface area contributed by atoms with Gasteiger partial charge in [-0.2, -0.15) is 13.2 Å². The molecule has 150 valence electrons. The quantitative estimate of drug-likeness (QED) is 0.507. The van der Waals surface area contributed by atoms with Gasteiger partial charge in [-0.15, -0.1) is 0 Å². The summed E-state index contributed by atoms with van der Waals surface area (Å²) in [5.41, 5.74) is -1.26. The second kappa shape index (κ2) is 7.47. The molecule has 0 fully saturated rings. The summed E-state index contributed by atoms with van der Waals surface area (Å²) in [6, 6.07) is 13.4. The third-order valence-electron chi connectivity index (χ3n) is 4.61. The Balaban J connectivity index is 1.75. The number of nitrogens with one attached hydrogen (secondary N) is 2. The van der Waals surface area contributed by atoms with Gasteiger partial charge in [-0.1, -0.05) is 36.4 Å². The number of fused-ring (bicyclic) bond motifs is 1.